The van der Waals surface area contributed by atoms with Gasteiger partial charge in [-0.3, -0.25) is 0 Å². The van der Waals surface area contributed by atoms with E-state index in [4.69, 9.17) is 5.11 Å². The Morgan fingerprint density at radius 2 is 2.31 bits per heavy atom. The van der Waals surface area contributed by atoms with E-state index in [0.29, 0.717) is 11.3 Å². The molecule has 2 heterocycles. The molecule has 1 N–H and O–H groups in total. The van der Waals surface area contributed by atoms with Crippen molar-refractivity contribution in [3.8, 4) is 0 Å². The smallest absolute Gasteiger partial charge is 0.333 e. The average Bonchev–Trinajstić information content (AvgIpc) is 2.69. The van der Waals surface area contributed by atoms with Crippen LogP contribution < -0.4 is 0 Å². The second kappa shape index (κ2) is 4.93. The summed E-state index contributed by atoms with van der Waals surface area (Å²) in [5, 5.41) is 9.86. The fraction of sp³-hybridized carbons (Fsp3) is 0.273. The highest BCUT2D eigenvalue weighted by atomic mass is 32.2. The number of hydrogen-bond acceptors (Lipinski definition) is 4. The van der Waals surface area contributed by atoms with Crippen LogP contribution in [-0.2, 0) is 4.79 Å². The summed E-state index contributed by atoms with van der Waals surface area (Å²) >= 11 is 3.10. The first kappa shape index (κ1) is 11.5. The van der Waals surface area contributed by atoms with Gasteiger partial charge in [-0.25, -0.2) is 9.78 Å². The third-order valence-corrected chi connectivity index (χ3v) is 4.44. The molecule has 0 bridgehead atoms. The number of carboxylic acid groups (broad SMARTS) is 1. The summed E-state index contributed by atoms with van der Waals surface area (Å²) in [5.41, 5.74) is 1.63. The molecule has 3 nitrogen and oxygen atoms in total. The zero-order valence-electron chi connectivity index (χ0n) is 8.77. The highest BCUT2D eigenvalue weighted by molar-refractivity contribution is 8.06. The molecular weight excluding hydrogens is 242 g/mol. The number of aromatic nitrogens is 1. The van der Waals surface area contributed by atoms with Crippen molar-refractivity contribution in [2.24, 2.45) is 0 Å². The first-order chi connectivity index (χ1) is 7.66. The Morgan fingerprint density at radius 3 is 2.94 bits per heavy atom. The molecular formula is C11H11NO2S2. The fourth-order valence-corrected chi connectivity index (χ4v) is 3.64. The molecule has 0 atom stereocenters. The predicted octanol–water partition coefficient (Wildman–Crippen LogP) is 2.57. The Morgan fingerprint density at radius 1 is 1.50 bits per heavy atom. The minimum absolute atomic E-state index is 0.525. The lowest BCUT2D eigenvalue weighted by molar-refractivity contribution is -0.132. The van der Waals surface area contributed by atoms with Gasteiger partial charge in [0.25, 0.3) is 0 Å². The first-order valence-corrected chi connectivity index (χ1v) is 6.77. The van der Waals surface area contributed by atoms with Crippen LogP contribution in [0.3, 0.4) is 0 Å². The van der Waals surface area contributed by atoms with Crippen LogP contribution in [0.1, 0.15) is 5.56 Å². The van der Waals surface area contributed by atoms with Crippen LogP contribution in [0.25, 0.3) is 0 Å². The van der Waals surface area contributed by atoms with Crippen molar-refractivity contribution in [2.75, 3.05) is 11.5 Å². The van der Waals surface area contributed by atoms with Crippen molar-refractivity contribution in [1.29, 1.82) is 0 Å². The number of nitrogens with zero attached hydrogens (tertiary/aromatic N) is 1. The maximum absolute atomic E-state index is 11.0. The van der Waals surface area contributed by atoms with Gasteiger partial charge in [0.15, 0.2) is 0 Å². The molecule has 0 aliphatic carbocycles. The minimum Gasteiger partial charge on any atom is -0.478 e. The van der Waals surface area contributed by atoms with E-state index in [1.54, 1.807) is 18.0 Å². The molecule has 1 aromatic rings. The van der Waals surface area contributed by atoms with Crippen LogP contribution in [0.5, 0.6) is 0 Å². The molecule has 5 heteroatoms. The molecule has 16 heavy (non-hydrogen) atoms. The van der Waals surface area contributed by atoms with Gasteiger partial charge in [-0.1, -0.05) is 17.8 Å². The van der Waals surface area contributed by atoms with Gasteiger partial charge in [-0.2, -0.15) is 11.8 Å². The molecule has 0 radical (unpaired) electrons. The van der Waals surface area contributed by atoms with E-state index in [2.05, 4.69) is 4.98 Å². The van der Waals surface area contributed by atoms with Gasteiger partial charge in [0, 0.05) is 22.6 Å². The molecule has 2 rings (SSSR count). The van der Waals surface area contributed by atoms with E-state index >= 15 is 0 Å². The van der Waals surface area contributed by atoms with Gasteiger partial charge in [0.05, 0.1) is 5.57 Å². The summed E-state index contributed by atoms with van der Waals surface area (Å²) in [5.74, 6) is 0.574. The van der Waals surface area contributed by atoms with Crippen molar-refractivity contribution >= 4 is 29.5 Å². The summed E-state index contributed by atoms with van der Waals surface area (Å²) < 4.78 is 0. The van der Waals surface area contributed by atoms with Crippen LogP contribution in [0.2, 0.25) is 0 Å². The third kappa shape index (κ3) is 2.59. The predicted molar refractivity (Wildman–Crippen MR) is 66.8 cm³/mol. The fourth-order valence-electron chi connectivity index (χ4n) is 1.33. The first-order valence-electron chi connectivity index (χ1n) is 4.80. The molecule has 0 saturated carbocycles. The number of aryl methyl sites for hydroxylation is 1. The lowest BCUT2D eigenvalue weighted by atomic mass is 10.3. The SMILES string of the molecule is Cc1ccc(SC2=C(C(=O)O)CSC2)nc1. The van der Waals surface area contributed by atoms with Crippen LogP contribution >= 0.6 is 23.5 Å². The standard InChI is InChI=1S/C11H11NO2S2/c1-7-2-3-10(12-4-7)16-9-6-15-5-8(9)11(13)14/h2-4H,5-6H2,1H3,(H,13,14). The van der Waals surface area contributed by atoms with Crippen LogP contribution in [0.4, 0.5) is 0 Å². The van der Waals surface area contributed by atoms with Gasteiger partial charge in [-0.05, 0) is 18.6 Å². The maximum atomic E-state index is 11.0. The largest absolute Gasteiger partial charge is 0.478 e. The summed E-state index contributed by atoms with van der Waals surface area (Å²) in [7, 11) is 0. The number of aliphatic carboxylic acids is 1. The Hall–Kier alpha value is -0.940. The zero-order valence-corrected chi connectivity index (χ0v) is 10.4. The number of carboxylic acids is 1. The van der Waals surface area contributed by atoms with Crippen molar-refractivity contribution in [3.05, 3.63) is 34.4 Å². The molecule has 0 aromatic carbocycles. The Bertz CT molecular complexity index is 440. The Kier molecular flexibility index (Phi) is 3.56. The van der Waals surface area contributed by atoms with Crippen LogP contribution in [0.15, 0.2) is 33.8 Å². The molecule has 1 aliphatic rings. The van der Waals surface area contributed by atoms with Crippen LogP contribution in [-0.4, -0.2) is 27.6 Å². The minimum atomic E-state index is -0.806. The number of hydrogen-bond donors (Lipinski definition) is 1. The van der Waals surface area contributed by atoms with E-state index in [1.807, 2.05) is 19.1 Å². The molecule has 0 spiro atoms. The number of thioether (sulfide) groups is 2. The summed E-state index contributed by atoms with van der Waals surface area (Å²) in [6.07, 6.45) is 1.80. The quantitative estimate of drug-likeness (QED) is 0.897. The summed E-state index contributed by atoms with van der Waals surface area (Å²) in [6.45, 7) is 1.98. The van der Waals surface area contributed by atoms with Gasteiger partial charge < -0.3 is 5.11 Å². The summed E-state index contributed by atoms with van der Waals surface area (Å²) in [4.78, 5) is 16.1. The van der Waals surface area contributed by atoms with Gasteiger partial charge >= 0.3 is 5.97 Å². The lowest BCUT2D eigenvalue weighted by Gasteiger charge is -2.02. The number of pyridine rings is 1. The molecule has 1 aliphatic heterocycles. The van der Waals surface area contributed by atoms with Gasteiger partial charge in [0.1, 0.15) is 5.03 Å². The molecule has 0 unspecified atom stereocenters. The van der Waals surface area contributed by atoms with Crippen molar-refractivity contribution < 1.29 is 9.90 Å². The highest BCUT2D eigenvalue weighted by Crippen LogP contribution is 2.36. The number of carbonyl (C=O) groups is 1. The number of rotatable bonds is 3. The zero-order chi connectivity index (χ0) is 11.5. The molecule has 0 saturated heterocycles. The van der Waals surface area contributed by atoms with Gasteiger partial charge in [-0.15, -0.1) is 0 Å². The van der Waals surface area contributed by atoms with E-state index in [0.717, 1.165) is 21.2 Å². The lowest BCUT2D eigenvalue weighted by Crippen LogP contribution is -2.01. The molecule has 0 fully saturated rings. The summed E-state index contributed by atoms with van der Waals surface area (Å²) in [6, 6.07) is 3.91. The van der Waals surface area contributed by atoms with Crippen molar-refractivity contribution in [1.82, 2.24) is 4.98 Å². The average molecular weight is 253 g/mol. The monoisotopic (exact) mass is 253 g/mol. The third-order valence-electron chi connectivity index (χ3n) is 2.19. The highest BCUT2D eigenvalue weighted by Gasteiger charge is 2.21. The van der Waals surface area contributed by atoms with Crippen LogP contribution in [0, 0.1) is 6.92 Å². The van der Waals surface area contributed by atoms with E-state index in [9.17, 15) is 4.79 Å². The Balaban J connectivity index is 2.18. The van der Waals surface area contributed by atoms with Crippen molar-refractivity contribution in [3.63, 3.8) is 0 Å². The second-order valence-corrected chi connectivity index (χ2v) is 5.58. The molecule has 84 valence electrons. The van der Waals surface area contributed by atoms with Crippen molar-refractivity contribution in [2.45, 2.75) is 11.9 Å². The molecule has 1 aromatic heterocycles. The normalized spacial score (nSPS) is 15.6. The maximum Gasteiger partial charge on any atom is 0.333 e. The topological polar surface area (TPSA) is 50.2 Å². The van der Waals surface area contributed by atoms with E-state index < -0.39 is 5.97 Å². The Labute approximate surface area is 102 Å². The van der Waals surface area contributed by atoms with Gasteiger partial charge in [0.2, 0.25) is 0 Å². The van der Waals surface area contributed by atoms with E-state index in [1.165, 1.54) is 11.8 Å². The molecule has 0 amide bonds. The second-order valence-electron chi connectivity index (χ2n) is 3.48. The van der Waals surface area contributed by atoms with E-state index in [-0.39, 0.29) is 0 Å².